The predicted molar refractivity (Wildman–Crippen MR) is 131 cm³/mol. The van der Waals surface area contributed by atoms with Crippen molar-refractivity contribution in [2.45, 2.75) is 78.9 Å². The van der Waals surface area contributed by atoms with Crippen molar-refractivity contribution in [2.24, 2.45) is 45.8 Å². The molecule has 0 aromatic carbocycles. The van der Waals surface area contributed by atoms with Gasteiger partial charge in [0.05, 0.1) is 25.6 Å². The van der Waals surface area contributed by atoms with Crippen LogP contribution in [0, 0.1) is 45.8 Å². The molecule has 0 unspecified atom stereocenters. The summed E-state index contributed by atoms with van der Waals surface area (Å²) in [5.74, 6) is -1.84. The maximum atomic E-state index is 14.3. The number of ketones is 1. The molecule has 3 aliphatic carbocycles. The topological polar surface area (TPSA) is 109 Å². The zero-order chi connectivity index (χ0) is 26.9. The smallest absolute Gasteiger partial charge is 0.306 e. The van der Waals surface area contributed by atoms with Crippen molar-refractivity contribution >= 4 is 23.7 Å². The number of furan rings is 1. The van der Waals surface area contributed by atoms with E-state index in [0.717, 1.165) is 18.4 Å². The van der Waals surface area contributed by atoms with Crippen LogP contribution < -0.4 is 0 Å². The fourth-order valence-electron chi connectivity index (χ4n) is 9.09. The molecule has 2 bridgehead atoms. The van der Waals surface area contributed by atoms with E-state index in [-0.39, 0.29) is 59.7 Å². The van der Waals surface area contributed by atoms with Gasteiger partial charge in [0, 0.05) is 41.6 Å². The minimum Gasteiger partial charge on any atom is -0.472 e. The zero-order valence-corrected chi connectivity index (χ0v) is 22.6. The molecule has 1 aromatic heterocycles. The van der Waals surface area contributed by atoms with E-state index in [1.165, 1.54) is 14.0 Å². The van der Waals surface area contributed by atoms with Crippen LogP contribution in [0.3, 0.4) is 0 Å². The lowest BCUT2D eigenvalue weighted by Crippen LogP contribution is -2.69. The molecule has 8 heteroatoms. The Hall–Kier alpha value is -2.64. The Labute approximate surface area is 217 Å². The molecular weight excluding hydrogens is 476 g/mol. The number of rotatable bonds is 4. The van der Waals surface area contributed by atoms with Crippen molar-refractivity contribution in [1.29, 1.82) is 0 Å². The highest BCUT2D eigenvalue weighted by Crippen LogP contribution is 2.70. The highest BCUT2D eigenvalue weighted by atomic mass is 16.6. The highest BCUT2D eigenvalue weighted by Gasteiger charge is 2.71. The molecule has 4 aliphatic rings. The van der Waals surface area contributed by atoms with Crippen molar-refractivity contribution in [2.75, 3.05) is 7.11 Å². The molecule has 202 valence electrons. The first-order valence-electron chi connectivity index (χ1n) is 13.4. The van der Waals surface area contributed by atoms with Gasteiger partial charge in [-0.25, -0.2) is 0 Å². The van der Waals surface area contributed by atoms with Crippen LogP contribution in [0.1, 0.15) is 78.4 Å². The van der Waals surface area contributed by atoms with Crippen molar-refractivity contribution in [1.82, 2.24) is 0 Å². The Bertz CT molecular complexity index is 1110. The van der Waals surface area contributed by atoms with Crippen LogP contribution in [0.25, 0.3) is 0 Å². The predicted octanol–water partition coefficient (Wildman–Crippen LogP) is 4.66. The molecule has 2 heterocycles. The van der Waals surface area contributed by atoms with Crippen molar-refractivity contribution in [3.63, 3.8) is 0 Å². The average Bonchev–Trinajstić information content (AvgIpc) is 3.36. The molecule has 4 fully saturated rings. The minimum atomic E-state index is -0.810. The third kappa shape index (κ3) is 3.68. The third-order valence-corrected chi connectivity index (χ3v) is 10.7. The summed E-state index contributed by atoms with van der Waals surface area (Å²) >= 11 is 0. The van der Waals surface area contributed by atoms with Crippen LogP contribution in [-0.4, -0.2) is 36.9 Å². The average molecular weight is 515 g/mol. The standard InChI is InChI=1S/C29H38O8/c1-15(30)36-26-18-11-17-19(29(5,24(18)33)21(27(26,2)3)13-22(31)34-6)7-9-28(4)20(17)12-23(32)37-25(28)16-8-10-35-14-16/h8,10,14,17-21,25-26H,7,9,11-13H2,1-6H3/t17-,18+,19+,20-,21+,25-,26-,28+,29+/m1/s1. The van der Waals surface area contributed by atoms with Crippen LogP contribution in [0.5, 0.6) is 0 Å². The third-order valence-electron chi connectivity index (χ3n) is 10.7. The van der Waals surface area contributed by atoms with Gasteiger partial charge >= 0.3 is 17.9 Å². The number of fused-ring (bicyclic) bond motifs is 6. The van der Waals surface area contributed by atoms with Crippen LogP contribution in [0.15, 0.2) is 23.0 Å². The molecule has 1 saturated heterocycles. The first-order valence-corrected chi connectivity index (χ1v) is 13.4. The number of ether oxygens (including phenoxy) is 3. The summed E-state index contributed by atoms with van der Waals surface area (Å²) in [7, 11) is 1.36. The Morgan fingerprint density at radius 2 is 1.86 bits per heavy atom. The van der Waals surface area contributed by atoms with E-state index in [4.69, 9.17) is 18.6 Å². The number of hydrogen-bond acceptors (Lipinski definition) is 8. The molecule has 1 aromatic rings. The Kier molecular flexibility index (Phi) is 6.11. The van der Waals surface area contributed by atoms with Crippen molar-refractivity contribution in [3.05, 3.63) is 24.2 Å². The largest absolute Gasteiger partial charge is 0.472 e. The van der Waals surface area contributed by atoms with Gasteiger partial charge in [-0.2, -0.15) is 0 Å². The second-order valence-corrected chi connectivity index (χ2v) is 12.7. The molecule has 37 heavy (non-hydrogen) atoms. The first kappa shape index (κ1) is 26.0. The number of carbonyl (C=O) groups excluding carboxylic acids is 4. The molecule has 0 N–H and O–H groups in total. The van der Waals surface area contributed by atoms with Gasteiger partial charge in [-0.05, 0) is 49.0 Å². The number of hydrogen-bond donors (Lipinski definition) is 0. The molecule has 0 radical (unpaired) electrons. The Morgan fingerprint density at radius 1 is 1.14 bits per heavy atom. The maximum absolute atomic E-state index is 14.3. The number of cyclic esters (lactones) is 1. The molecule has 0 spiro atoms. The number of methoxy groups -OCH3 is 1. The number of esters is 3. The van der Waals surface area contributed by atoms with E-state index in [9.17, 15) is 19.2 Å². The Balaban J connectivity index is 1.61. The van der Waals surface area contributed by atoms with Gasteiger partial charge in [0.2, 0.25) is 0 Å². The molecule has 0 amide bonds. The highest BCUT2D eigenvalue weighted by molar-refractivity contribution is 5.91. The first-order chi connectivity index (χ1) is 17.4. The van der Waals surface area contributed by atoms with Crippen LogP contribution >= 0.6 is 0 Å². The molecule has 5 rings (SSSR count). The summed E-state index contributed by atoms with van der Waals surface area (Å²) in [6.07, 6.45) is 4.63. The van der Waals surface area contributed by atoms with Gasteiger partial charge in [0.1, 0.15) is 18.0 Å². The normalized spacial score (nSPS) is 42.2. The quantitative estimate of drug-likeness (QED) is 0.422. The summed E-state index contributed by atoms with van der Waals surface area (Å²) in [5, 5.41) is 0. The van der Waals surface area contributed by atoms with Crippen molar-refractivity contribution < 1.29 is 37.8 Å². The summed E-state index contributed by atoms with van der Waals surface area (Å²) in [6, 6.07) is 1.85. The monoisotopic (exact) mass is 514 g/mol. The lowest BCUT2D eigenvalue weighted by Gasteiger charge is -2.66. The van der Waals surface area contributed by atoms with Crippen molar-refractivity contribution in [3.8, 4) is 0 Å². The van der Waals surface area contributed by atoms with Gasteiger partial charge in [0.15, 0.2) is 0 Å². The lowest BCUT2D eigenvalue weighted by molar-refractivity contribution is -0.231. The van der Waals surface area contributed by atoms with E-state index in [1.54, 1.807) is 12.5 Å². The van der Waals surface area contributed by atoms with Gasteiger partial charge in [-0.1, -0.05) is 27.7 Å². The lowest BCUT2D eigenvalue weighted by atomic mass is 9.37. The van der Waals surface area contributed by atoms with Crippen LogP contribution in [-0.2, 0) is 33.4 Å². The molecule has 3 saturated carbocycles. The fourth-order valence-corrected chi connectivity index (χ4v) is 9.09. The second-order valence-electron chi connectivity index (χ2n) is 12.7. The summed E-state index contributed by atoms with van der Waals surface area (Å²) in [4.78, 5) is 52.1. The van der Waals surface area contributed by atoms with E-state index in [2.05, 4.69) is 6.92 Å². The Morgan fingerprint density at radius 3 is 2.49 bits per heavy atom. The van der Waals surface area contributed by atoms with E-state index in [0.29, 0.717) is 6.42 Å². The van der Waals surface area contributed by atoms with E-state index >= 15 is 0 Å². The molecule has 1 aliphatic heterocycles. The second kappa shape index (κ2) is 8.70. The molecule has 8 nitrogen and oxygen atoms in total. The van der Waals surface area contributed by atoms with E-state index in [1.807, 2.05) is 26.8 Å². The van der Waals surface area contributed by atoms with Gasteiger partial charge in [0.25, 0.3) is 0 Å². The maximum Gasteiger partial charge on any atom is 0.306 e. The SMILES string of the molecule is COC(=O)C[C@H]1C(C)(C)[C@H](OC(C)=O)[C@H]2C[C@H]3[C@H]4CC(=O)O[C@H](c5ccoc5)[C@@]4(C)CC[C@@H]3[C@]1(C)C2=O. The number of Topliss-reactive ketones (excluding diaryl/α,β-unsaturated/α-hetero) is 1. The molecule has 9 atom stereocenters. The van der Waals surface area contributed by atoms with E-state index < -0.39 is 34.9 Å². The molecular formula is C29H38O8. The van der Waals surface area contributed by atoms with Gasteiger partial charge < -0.3 is 18.6 Å². The van der Waals surface area contributed by atoms with Gasteiger partial charge in [-0.15, -0.1) is 0 Å². The summed E-state index contributed by atoms with van der Waals surface area (Å²) < 4.78 is 22.2. The number of carbonyl (C=O) groups is 4. The summed E-state index contributed by atoms with van der Waals surface area (Å²) in [6.45, 7) is 9.57. The zero-order valence-electron chi connectivity index (χ0n) is 22.6. The minimum absolute atomic E-state index is 0.00238. The van der Waals surface area contributed by atoms with Crippen LogP contribution in [0.2, 0.25) is 0 Å². The van der Waals surface area contributed by atoms with Gasteiger partial charge in [-0.3, -0.25) is 19.2 Å². The fraction of sp³-hybridized carbons (Fsp3) is 0.724. The van der Waals surface area contributed by atoms with Crippen LogP contribution in [0.4, 0.5) is 0 Å². The summed E-state index contributed by atoms with van der Waals surface area (Å²) in [5.41, 5.74) is -0.909.